The second-order valence-corrected chi connectivity index (χ2v) is 4.18. The van der Waals surface area contributed by atoms with Crippen LogP contribution >= 0.6 is 0 Å². The highest BCUT2D eigenvalue weighted by atomic mass is 16.5. The molecule has 0 atom stereocenters. The maximum atomic E-state index is 5.85. The van der Waals surface area contributed by atoms with Crippen molar-refractivity contribution in [2.24, 2.45) is 0 Å². The Morgan fingerprint density at radius 3 is 2.95 bits per heavy atom. The maximum absolute atomic E-state index is 5.85. The summed E-state index contributed by atoms with van der Waals surface area (Å²) in [6.07, 6.45) is 0.944. The zero-order chi connectivity index (χ0) is 13.7. The van der Waals surface area contributed by atoms with Crippen LogP contribution < -0.4 is 15.8 Å². The fraction of sp³-hybridized carbons (Fsp3) is 0.385. The first-order valence-corrected chi connectivity index (χ1v) is 6.24. The molecule has 1 aromatic heterocycles. The van der Waals surface area contributed by atoms with Crippen molar-refractivity contribution in [1.29, 1.82) is 0 Å². The third kappa shape index (κ3) is 3.61. The van der Waals surface area contributed by atoms with Gasteiger partial charge in [0, 0.05) is 18.7 Å². The minimum absolute atomic E-state index is 0.495. The predicted molar refractivity (Wildman–Crippen MR) is 73.0 cm³/mol. The third-order valence-electron chi connectivity index (χ3n) is 2.50. The van der Waals surface area contributed by atoms with Crippen molar-refractivity contribution in [2.75, 3.05) is 17.7 Å². The van der Waals surface area contributed by atoms with Gasteiger partial charge in [-0.05, 0) is 18.6 Å². The van der Waals surface area contributed by atoms with Crippen molar-refractivity contribution in [2.45, 2.75) is 26.8 Å². The number of aromatic nitrogens is 2. The molecule has 19 heavy (non-hydrogen) atoms. The molecule has 0 saturated heterocycles. The molecule has 1 aromatic carbocycles. The van der Waals surface area contributed by atoms with E-state index in [1.54, 1.807) is 6.92 Å². The van der Waals surface area contributed by atoms with Gasteiger partial charge in [-0.2, -0.15) is 4.98 Å². The average molecular weight is 262 g/mol. The van der Waals surface area contributed by atoms with E-state index < -0.39 is 0 Å². The number of nitrogens with zero attached hydrogens (tertiary/aromatic N) is 2. The topological polar surface area (TPSA) is 86.2 Å². The van der Waals surface area contributed by atoms with Crippen LogP contribution in [0.5, 0.6) is 5.75 Å². The lowest BCUT2D eigenvalue weighted by Gasteiger charge is -2.10. The minimum Gasteiger partial charge on any atom is -0.491 e. The van der Waals surface area contributed by atoms with Crippen molar-refractivity contribution in [3.63, 3.8) is 0 Å². The molecule has 0 radical (unpaired) electrons. The summed E-state index contributed by atoms with van der Waals surface area (Å²) >= 11 is 0. The number of hydrogen-bond donors (Lipinski definition) is 2. The first-order valence-electron chi connectivity index (χ1n) is 6.24. The van der Waals surface area contributed by atoms with Gasteiger partial charge in [-0.1, -0.05) is 12.1 Å². The molecule has 3 N–H and O–H groups in total. The number of hydrogen-bond acceptors (Lipinski definition) is 6. The molecule has 0 bridgehead atoms. The largest absolute Gasteiger partial charge is 0.491 e. The number of nitrogen functional groups attached to an aromatic ring is 1. The van der Waals surface area contributed by atoms with Crippen LogP contribution in [0.3, 0.4) is 0 Å². The van der Waals surface area contributed by atoms with Gasteiger partial charge in [0.1, 0.15) is 5.75 Å². The van der Waals surface area contributed by atoms with Crippen LogP contribution in [0, 0.1) is 6.92 Å². The molecule has 0 aliphatic carbocycles. The second kappa shape index (κ2) is 6.08. The molecule has 0 aliphatic heterocycles. The number of rotatable bonds is 6. The SMILES string of the molecule is CCCOc1cc(NCc2noc(C)n2)ccc1N. The van der Waals surface area contributed by atoms with E-state index in [1.807, 2.05) is 18.2 Å². The molecule has 6 heteroatoms. The molecule has 1 heterocycles. The fourth-order valence-corrected chi connectivity index (χ4v) is 1.58. The van der Waals surface area contributed by atoms with Crippen molar-refractivity contribution < 1.29 is 9.26 Å². The van der Waals surface area contributed by atoms with Crippen LogP contribution in [0.15, 0.2) is 22.7 Å². The predicted octanol–water partition coefficient (Wildman–Crippen LogP) is 2.36. The number of nitrogens with two attached hydrogens (primary N) is 1. The number of benzene rings is 1. The van der Waals surface area contributed by atoms with E-state index >= 15 is 0 Å². The molecule has 0 saturated carbocycles. The Morgan fingerprint density at radius 2 is 2.26 bits per heavy atom. The molecule has 0 aliphatic rings. The standard InChI is InChI=1S/C13H18N4O2/c1-3-6-18-12-7-10(4-5-11(12)14)15-8-13-16-9(2)19-17-13/h4-5,7,15H,3,6,8,14H2,1-2H3. The van der Waals surface area contributed by atoms with Gasteiger partial charge in [-0.3, -0.25) is 0 Å². The smallest absolute Gasteiger partial charge is 0.223 e. The highest BCUT2D eigenvalue weighted by molar-refractivity contribution is 5.61. The summed E-state index contributed by atoms with van der Waals surface area (Å²) in [7, 11) is 0. The minimum atomic E-state index is 0.495. The van der Waals surface area contributed by atoms with E-state index in [9.17, 15) is 0 Å². The Morgan fingerprint density at radius 1 is 1.42 bits per heavy atom. The van der Waals surface area contributed by atoms with Gasteiger partial charge in [0.2, 0.25) is 5.89 Å². The summed E-state index contributed by atoms with van der Waals surface area (Å²) in [5.74, 6) is 1.86. The molecule has 2 aromatic rings. The average Bonchev–Trinajstić information content (AvgIpc) is 2.82. The molecule has 2 rings (SSSR count). The molecule has 102 valence electrons. The number of nitrogens with one attached hydrogen (secondary N) is 1. The first kappa shape index (κ1) is 13.2. The van der Waals surface area contributed by atoms with E-state index in [-0.39, 0.29) is 0 Å². The summed E-state index contributed by atoms with van der Waals surface area (Å²) < 4.78 is 10.5. The van der Waals surface area contributed by atoms with E-state index in [2.05, 4.69) is 22.4 Å². The van der Waals surface area contributed by atoms with E-state index in [1.165, 1.54) is 0 Å². The number of anilines is 2. The van der Waals surface area contributed by atoms with E-state index in [0.29, 0.717) is 36.3 Å². The monoisotopic (exact) mass is 262 g/mol. The Bertz CT molecular complexity index is 539. The Labute approximate surface area is 112 Å². The van der Waals surface area contributed by atoms with Gasteiger partial charge in [0.25, 0.3) is 0 Å². The normalized spacial score (nSPS) is 10.4. The Hall–Kier alpha value is -2.24. The lowest BCUT2D eigenvalue weighted by Crippen LogP contribution is -2.03. The van der Waals surface area contributed by atoms with Crippen LogP contribution in [-0.4, -0.2) is 16.7 Å². The zero-order valence-corrected chi connectivity index (χ0v) is 11.1. The van der Waals surface area contributed by atoms with Crippen LogP contribution in [0.2, 0.25) is 0 Å². The van der Waals surface area contributed by atoms with E-state index in [4.69, 9.17) is 15.0 Å². The van der Waals surface area contributed by atoms with Crippen LogP contribution in [0.4, 0.5) is 11.4 Å². The van der Waals surface area contributed by atoms with Gasteiger partial charge < -0.3 is 20.3 Å². The molecule has 0 fully saturated rings. The van der Waals surface area contributed by atoms with E-state index in [0.717, 1.165) is 12.1 Å². The van der Waals surface area contributed by atoms with Crippen molar-refractivity contribution in [1.82, 2.24) is 10.1 Å². The highest BCUT2D eigenvalue weighted by Gasteiger charge is 2.04. The van der Waals surface area contributed by atoms with Crippen LogP contribution in [0.1, 0.15) is 25.1 Å². The van der Waals surface area contributed by atoms with Gasteiger partial charge in [-0.15, -0.1) is 0 Å². The summed E-state index contributed by atoms with van der Waals surface area (Å²) in [5.41, 5.74) is 7.39. The Balaban J connectivity index is 2.00. The van der Waals surface area contributed by atoms with Gasteiger partial charge >= 0.3 is 0 Å². The molecular weight excluding hydrogens is 244 g/mol. The van der Waals surface area contributed by atoms with Crippen LogP contribution in [-0.2, 0) is 6.54 Å². The summed E-state index contributed by atoms with van der Waals surface area (Å²) in [4.78, 5) is 4.12. The third-order valence-corrected chi connectivity index (χ3v) is 2.50. The quantitative estimate of drug-likeness (QED) is 0.777. The highest BCUT2D eigenvalue weighted by Crippen LogP contribution is 2.25. The molecule has 0 spiro atoms. The van der Waals surface area contributed by atoms with Gasteiger partial charge in [0.15, 0.2) is 5.82 Å². The van der Waals surface area contributed by atoms with Crippen molar-refractivity contribution >= 4 is 11.4 Å². The fourth-order valence-electron chi connectivity index (χ4n) is 1.58. The van der Waals surface area contributed by atoms with Crippen molar-refractivity contribution in [3.05, 3.63) is 29.9 Å². The molecule has 0 unspecified atom stereocenters. The summed E-state index contributed by atoms with van der Waals surface area (Å²) in [5, 5.41) is 7.01. The lowest BCUT2D eigenvalue weighted by atomic mass is 10.2. The molecule has 6 nitrogen and oxygen atoms in total. The zero-order valence-electron chi connectivity index (χ0n) is 11.1. The Kier molecular flexibility index (Phi) is 4.22. The summed E-state index contributed by atoms with van der Waals surface area (Å²) in [6.45, 7) is 4.96. The van der Waals surface area contributed by atoms with Gasteiger partial charge in [0.05, 0.1) is 18.8 Å². The first-order chi connectivity index (χ1) is 9.19. The van der Waals surface area contributed by atoms with Crippen LogP contribution in [0.25, 0.3) is 0 Å². The molecule has 0 amide bonds. The lowest BCUT2D eigenvalue weighted by molar-refractivity contribution is 0.319. The number of aryl methyl sites for hydroxylation is 1. The summed E-state index contributed by atoms with van der Waals surface area (Å²) in [6, 6.07) is 5.58. The maximum Gasteiger partial charge on any atom is 0.223 e. The number of ether oxygens (including phenoxy) is 1. The molecular formula is C13H18N4O2. The van der Waals surface area contributed by atoms with Gasteiger partial charge in [-0.25, -0.2) is 0 Å². The van der Waals surface area contributed by atoms with Crippen molar-refractivity contribution in [3.8, 4) is 5.75 Å². The second-order valence-electron chi connectivity index (χ2n) is 4.18.